The van der Waals surface area contributed by atoms with Gasteiger partial charge in [-0.1, -0.05) is 59.3 Å². The largest absolute Gasteiger partial charge is 0.321 e. The molecule has 0 saturated heterocycles. The van der Waals surface area contributed by atoms with Gasteiger partial charge in [0.1, 0.15) is 0 Å². The average Bonchev–Trinajstić information content (AvgIpc) is 2.21. The molecular weight excluding hydrogens is 186 g/mol. The Labute approximate surface area is 94.6 Å². The fraction of sp³-hybridized carbons (Fsp3) is 0.923. The zero-order valence-corrected chi connectivity index (χ0v) is 10.6. The quantitative estimate of drug-likeness (QED) is 0.597. The van der Waals surface area contributed by atoms with Gasteiger partial charge in [-0.15, -0.1) is 0 Å². The highest BCUT2D eigenvalue weighted by Gasteiger charge is 2.15. The number of ketones is 1. The third-order valence-corrected chi connectivity index (χ3v) is 2.80. The fourth-order valence-electron chi connectivity index (χ4n) is 1.71. The van der Waals surface area contributed by atoms with Gasteiger partial charge in [0.05, 0.1) is 6.04 Å². The normalized spacial score (nSPS) is 13.1. The number of Topliss-reactive ketones (excluding diaryl/α,β-unsaturated/α-hetero) is 1. The van der Waals surface area contributed by atoms with E-state index in [0.29, 0.717) is 0 Å². The van der Waals surface area contributed by atoms with Crippen molar-refractivity contribution in [3.05, 3.63) is 0 Å². The molecule has 0 aliphatic rings. The molecule has 2 nitrogen and oxygen atoms in total. The Kier molecular flexibility index (Phi) is 8.68. The summed E-state index contributed by atoms with van der Waals surface area (Å²) in [6.07, 6.45) is 8.41. The Morgan fingerprint density at radius 2 is 1.60 bits per heavy atom. The molecule has 90 valence electrons. The number of nitrogens with two attached hydrogens (primary N) is 1. The summed E-state index contributed by atoms with van der Waals surface area (Å²) in [6, 6.07) is -0.226. The number of carbonyl (C=O) groups excluding carboxylic acids is 1. The molecule has 2 N–H and O–H groups in total. The minimum Gasteiger partial charge on any atom is -0.321 e. The molecule has 0 bridgehead atoms. The van der Waals surface area contributed by atoms with Crippen LogP contribution in [0.5, 0.6) is 0 Å². The Morgan fingerprint density at radius 1 is 1.07 bits per heavy atom. The van der Waals surface area contributed by atoms with Crippen molar-refractivity contribution in [3.63, 3.8) is 0 Å². The summed E-state index contributed by atoms with van der Waals surface area (Å²) in [5, 5.41) is 0. The van der Waals surface area contributed by atoms with Crippen LogP contribution in [0.2, 0.25) is 0 Å². The maximum Gasteiger partial charge on any atom is 0.152 e. The Balaban J connectivity index is 3.39. The van der Waals surface area contributed by atoms with E-state index in [-0.39, 0.29) is 17.7 Å². The second kappa shape index (κ2) is 8.90. The molecule has 0 rings (SSSR count). The summed E-state index contributed by atoms with van der Waals surface area (Å²) in [5.74, 6) is 0.295. The maximum atomic E-state index is 11.5. The lowest BCUT2D eigenvalue weighted by Gasteiger charge is -2.12. The second-order valence-electron chi connectivity index (χ2n) is 4.72. The smallest absolute Gasteiger partial charge is 0.152 e. The predicted molar refractivity (Wildman–Crippen MR) is 65.8 cm³/mol. The first-order valence-corrected chi connectivity index (χ1v) is 6.38. The van der Waals surface area contributed by atoms with E-state index in [1.807, 2.05) is 13.8 Å². The third-order valence-electron chi connectivity index (χ3n) is 2.80. The summed E-state index contributed by atoms with van der Waals surface area (Å²) in [7, 11) is 0. The lowest BCUT2D eigenvalue weighted by molar-refractivity contribution is -0.123. The molecule has 0 aliphatic heterocycles. The lowest BCUT2D eigenvalue weighted by Crippen LogP contribution is -2.33. The van der Waals surface area contributed by atoms with Gasteiger partial charge in [-0.05, 0) is 6.42 Å². The highest BCUT2D eigenvalue weighted by molar-refractivity contribution is 5.85. The molecule has 0 aromatic heterocycles. The van der Waals surface area contributed by atoms with Crippen LogP contribution < -0.4 is 5.73 Å². The van der Waals surface area contributed by atoms with E-state index in [4.69, 9.17) is 5.73 Å². The van der Waals surface area contributed by atoms with Crippen LogP contribution in [-0.4, -0.2) is 11.8 Å². The first-order valence-electron chi connectivity index (χ1n) is 6.38. The molecular formula is C13H27NO. The molecule has 0 spiro atoms. The number of carbonyl (C=O) groups is 1. The number of hydrogen-bond donors (Lipinski definition) is 1. The van der Waals surface area contributed by atoms with Crippen molar-refractivity contribution in [1.29, 1.82) is 0 Å². The van der Waals surface area contributed by atoms with Crippen LogP contribution >= 0.6 is 0 Å². The Morgan fingerprint density at radius 3 is 2.13 bits per heavy atom. The number of rotatable bonds is 9. The zero-order valence-electron chi connectivity index (χ0n) is 10.6. The Bertz CT molecular complexity index is 166. The molecule has 1 unspecified atom stereocenters. The van der Waals surface area contributed by atoms with E-state index in [0.717, 1.165) is 12.8 Å². The average molecular weight is 213 g/mol. The molecule has 1 atom stereocenters. The van der Waals surface area contributed by atoms with Gasteiger partial charge in [-0.3, -0.25) is 4.79 Å². The summed E-state index contributed by atoms with van der Waals surface area (Å²) in [4.78, 5) is 11.5. The molecule has 0 fully saturated rings. The van der Waals surface area contributed by atoms with Crippen LogP contribution in [-0.2, 0) is 4.79 Å². The summed E-state index contributed by atoms with van der Waals surface area (Å²) in [5.41, 5.74) is 5.81. The molecule has 0 saturated carbocycles. The van der Waals surface area contributed by atoms with E-state index in [1.54, 1.807) is 0 Å². The molecule has 0 aromatic rings. The van der Waals surface area contributed by atoms with E-state index < -0.39 is 0 Å². The zero-order chi connectivity index (χ0) is 11.7. The standard InChI is InChI=1S/C13H27NO/c1-4-5-6-7-8-9-10-12(14)13(15)11(2)3/h11-12H,4-10,14H2,1-3H3. The molecule has 0 aliphatic carbocycles. The van der Waals surface area contributed by atoms with Crippen molar-refractivity contribution >= 4 is 5.78 Å². The van der Waals surface area contributed by atoms with Crippen molar-refractivity contribution in [2.45, 2.75) is 71.8 Å². The van der Waals surface area contributed by atoms with Crippen LogP contribution in [0.4, 0.5) is 0 Å². The van der Waals surface area contributed by atoms with Crippen LogP contribution in [0.1, 0.15) is 65.7 Å². The number of unbranched alkanes of at least 4 members (excludes halogenated alkanes) is 5. The van der Waals surface area contributed by atoms with Gasteiger partial charge >= 0.3 is 0 Å². The Hall–Kier alpha value is -0.370. The van der Waals surface area contributed by atoms with Crippen molar-refractivity contribution in [2.24, 2.45) is 11.7 Å². The predicted octanol–water partition coefficient (Wildman–Crippen LogP) is 3.29. The molecule has 2 heteroatoms. The van der Waals surface area contributed by atoms with E-state index in [1.165, 1.54) is 32.1 Å². The van der Waals surface area contributed by atoms with Crippen molar-refractivity contribution in [2.75, 3.05) is 0 Å². The van der Waals surface area contributed by atoms with Crippen molar-refractivity contribution in [3.8, 4) is 0 Å². The van der Waals surface area contributed by atoms with E-state index in [2.05, 4.69) is 6.92 Å². The van der Waals surface area contributed by atoms with Gasteiger partial charge < -0.3 is 5.73 Å². The molecule has 0 aromatic carbocycles. The third kappa shape index (κ3) is 7.55. The lowest BCUT2D eigenvalue weighted by atomic mass is 9.97. The topological polar surface area (TPSA) is 43.1 Å². The van der Waals surface area contributed by atoms with E-state index >= 15 is 0 Å². The highest BCUT2D eigenvalue weighted by Crippen LogP contribution is 2.10. The monoisotopic (exact) mass is 213 g/mol. The first kappa shape index (κ1) is 14.6. The summed E-state index contributed by atoms with van der Waals surface area (Å²) in [6.45, 7) is 6.06. The maximum absolute atomic E-state index is 11.5. The van der Waals surface area contributed by atoms with Crippen molar-refractivity contribution in [1.82, 2.24) is 0 Å². The molecule has 0 heterocycles. The van der Waals surface area contributed by atoms with Gasteiger partial charge in [0, 0.05) is 5.92 Å². The van der Waals surface area contributed by atoms with Gasteiger partial charge in [0.25, 0.3) is 0 Å². The van der Waals surface area contributed by atoms with Crippen LogP contribution in [0.15, 0.2) is 0 Å². The van der Waals surface area contributed by atoms with Crippen LogP contribution in [0, 0.1) is 5.92 Å². The highest BCUT2D eigenvalue weighted by atomic mass is 16.1. The molecule has 15 heavy (non-hydrogen) atoms. The van der Waals surface area contributed by atoms with Gasteiger partial charge in [0.2, 0.25) is 0 Å². The van der Waals surface area contributed by atoms with Gasteiger partial charge in [0.15, 0.2) is 5.78 Å². The van der Waals surface area contributed by atoms with Gasteiger partial charge in [-0.2, -0.15) is 0 Å². The summed E-state index contributed by atoms with van der Waals surface area (Å²) < 4.78 is 0. The van der Waals surface area contributed by atoms with Crippen LogP contribution in [0.25, 0.3) is 0 Å². The van der Waals surface area contributed by atoms with Gasteiger partial charge in [-0.25, -0.2) is 0 Å². The molecule has 0 amide bonds. The summed E-state index contributed by atoms with van der Waals surface area (Å²) >= 11 is 0. The fourth-order valence-corrected chi connectivity index (χ4v) is 1.71. The van der Waals surface area contributed by atoms with E-state index in [9.17, 15) is 4.79 Å². The number of hydrogen-bond acceptors (Lipinski definition) is 2. The SMILES string of the molecule is CCCCCCCCC(N)C(=O)C(C)C. The van der Waals surface area contributed by atoms with Crippen molar-refractivity contribution < 1.29 is 4.79 Å². The minimum atomic E-state index is -0.226. The molecule has 0 radical (unpaired) electrons. The first-order chi connectivity index (χ1) is 7.09. The second-order valence-corrected chi connectivity index (χ2v) is 4.72. The van der Waals surface area contributed by atoms with Crippen LogP contribution in [0.3, 0.4) is 0 Å². The minimum absolute atomic E-state index is 0.0834.